The summed E-state index contributed by atoms with van der Waals surface area (Å²) in [6, 6.07) is 0.231. The standard InChI is InChI=1S/C13H23N3O/c1-4-10-11(7-9(2)3)16-13(15-10)12-8-17-6-5-14-12/h9,12,14H,4-8H2,1-3H3,(H,15,16). The number of ether oxygens (including phenoxy) is 1. The van der Waals surface area contributed by atoms with Crippen LogP contribution in [-0.2, 0) is 17.6 Å². The van der Waals surface area contributed by atoms with E-state index in [0.29, 0.717) is 5.92 Å². The van der Waals surface area contributed by atoms with E-state index < -0.39 is 0 Å². The van der Waals surface area contributed by atoms with Crippen molar-refractivity contribution in [1.82, 2.24) is 15.3 Å². The number of aromatic nitrogens is 2. The van der Waals surface area contributed by atoms with Crippen molar-refractivity contribution in [2.75, 3.05) is 19.8 Å². The molecule has 1 fully saturated rings. The Morgan fingerprint density at radius 3 is 2.88 bits per heavy atom. The first-order valence-electron chi connectivity index (χ1n) is 6.59. The van der Waals surface area contributed by atoms with E-state index in [2.05, 4.69) is 31.1 Å². The lowest BCUT2D eigenvalue weighted by atomic mass is 10.1. The van der Waals surface area contributed by atoms with Gasteiger partial charge in [-0.1, -0.05) is 20.8 Å². The van der Waals surface area contributed by atoms with Gasteiger partial charge in [0.2, 0.25) is 0 Å². The molecule has 1 unspecified atom stereocenters. The van der Waals surface area contributed by atoms with Crippen molar-refractivity contribution in [3.63, 3.8) is 0 Å². The zero-order valence-corrected chi connectivity index (χ0v) is 11.0. The van der Waals surface area contributed by atoms with Gasteiger partial charge in [0.05, 0.1) is 24.9 Å². The summed E-state index contributed by atoms with van der Waals surface area (Å²) in [5.74, 6) is 1.70. The van der Waals surface area contributed by atoms with Gasteiger partial charge in [0.1, 0.15) is 5.82 Å². The van der Waals surface area contributed by atoms with Crippen LogP contribution < -0.4 is 5.32 Å². The first-order chi connectivity index (χ1) is 8.20. The van der Waals surface area contributed by atoms with E-state index in [-0.39, 0.29) is 6.04 Å². The fourth-order valence-electron chi connectivity index (χ4n) is 2.24. The van der Waals surface area contributed by atoms with E-state index >= 15 is 0 Å². The number of hydrogen-bond acceptors (Lipinski definition) is 3. The minimum absolute atomic E-state index is 0.231. The summed E-state index contributed by atoms with van der Waals surface area (Å²) in [6.07, 6.45) is 2.07. The Hall–Kier alpha value is -0.870. The summed E-state index contributed by atoms with van der Waals surface area (Å²) in [6.45, 7) is 9.07. The lowest BCUT2D eigenvalue weighted by Crippen LogP contribution is -2.35. The van der Waals surface area contributed by atoms with E-state index in [9.17, 15) is 0 Å². The maximum absolute atomic E-state index is 5.48. The molecule has 0 amide bonds. The molecule has 1 atom stereocenters. The number of aromatic amines is 1. The van der Waals surface area contributed by atoms with Crippen LogP contribution in [0.25, 0.3) is 0 Å². The Kier molecular flexibility index (Phi) is 4.18. The van der Waals surface area contributed by atoms with Gasteiger partial charge in [0.25, 0.3) is 0 Å². The van der Waals surface area contributed by atoms with E-state index in [0.717, 1.165) is 38.4 Å². The van der Waals surface area contributed by atoms with Gasteiger partial charge >= 0.3 is 0 Å². The Labute approximate surface area is 103 Å². The lowest BCUT2D eigenvalue weighted by Gasteiger charge is -2.21. The summed E-state index contributed by atoms with van der Waals surface area (Å²) in [5.41, 5.74) is 2.51. The summed E-state index contributed by atoms with van der Waals surface area (Å²) in [5, 5.41) is 3.43. The van der Waals surface area contributed by atoms with Crippen LogP contribution in [0.5, 0.6) is 0 Å². The highest BCUT2D eigenvalue weighted by molar-refractivity contribution is 5.17. The van der Waals surface area contributed by atoms with Crippen molar-refractivity contribution >= 4 is 0 Å². The third-order valence-corrected chi connectivity index (χ3v) is 3.08. The van der Waals surface area contributed by atoms with E-state index in [4.69, 9.17) is 9.72 Å². The molecule has 0 bridgehead atoms. The van der Waals surface area contributed by atoms with Gasteiger partial charge in [-0.05, 0) is 18.8 Å². The molecule has 17 heavy (non-hydrogen) atoms. The number of aryl methyl sites for hydroxylation is 1. The molecule has 1 aliphatic rings. The number of nitrogens with one attached hydrogen (secondary N) is 2. The Morgan fingerprint density at radius 1 is 1.47 bits per heavy atom. The van der Waals surface area contributed by atoms with Gasteiger partial charge in [-0.2, -0.15) is 0 Å². The fourth-order valence-corrected chi connectivity index (χ4v) is 2.24. The number of imidazole rings is 1. The first kappa shape index (κ1) is 12.6. The molecular weight excluding hydrogens is 214 g/mol. The summed E-state index contributed by atoms with van der Waals surface area (Å²) in [4.78, 5) is 8.19. The monoisotopic (exact) mass is 237 g/mol. The molecule has 4 nitrogen and oxygen atoms in total. The largest absolute Gasteiger partial charge is 0.378 e. The van der Waals surface area contributed by atoms with Crippen molar-refractivity contribution in [1.29, 1.82) is 0 Å². The van der Waals surface area contributed by atoms with Crippen LogP contribution >= 0.6 is 0 Å². The molecule has 0 aromatic carbocycles. The molecule has 0 saturated carbocycles. The van der Waals surface area contributed by atoms with Gasteiger partial charge in [-0.15, -0.1) is 0 Å². The maximum atomic E-state index is 5.48. The minimum atomic E-state index is 0.231. The van der Waals surface area contributed by atoms with Crippen molar-refractivity contribution in [2.24, 2.45) is 5.92 Å². The van der Waals surface area contributed by atoms with Crippen molar-refractivity contribution in [3.05, 3.63) is 17.2 Å². The smallest absolute Gasteiger partial charge is 0.126 e. The van der Waals surface area contributed by atoms with Crippen LogP contribution in [0.3, 0.4) is 0 Å². The molecule has 2 rings (SSSR count). The predicted molar refractivity (Wildman–Crippen MR) is 68.1 cm³/mol. The zero-order valence-electron chi connectivity index (χ0n) is 11.0. The summed E-state index contributed by atoms with van der Waals surface area (Å²) >= 11 is 0. The van der Waals surface area contributed by atoms with Gasteiger partial charge in [-0.25, -0.2) is 4.98 Å². The average Bonchev–Trinajstić information content (AvgIpc) is 2.72. The first-order valence-corrected chi connectivity index (χ1v) is 6.59. The Bertz CT molecular complexity index is 354. The van der Waals surface area contributed by atoms with Crippen molar-refractivity contribution in [3.8, 4) is 0 Å². The van der Waals surface area contributed by atoms with Gasteiger partial charge in [-0.3, -0.25) is 0 Å². The summed E-state index contributed by atoms with van der Waals surface area (Å²) < 4.78 is 5.48. The predicted octanol–water partition coefficient (Wildman–Crippen LogP) is 1.83. The van der Waals surface area contributed by atoms with E-state index in [1.165, 1.54) is 11.4 Å². The number of rotatable bonds is 4. The molecule has 1 saturated heterocycles. The molecule has 96 valence electrons. The molecule has 2 N–H and O–H groups in total. The molecule has 1 aliphatic heterocycles. The van der Waals surface area contributed by atoms with Crippen molar-refractivity contribution < 1.29 is 4.74 Å². The van der Waals surface area contributed by atoms with E-state index in [1.807, 2.05) is 0 Å². The highest BCUT2D eigenvalue weighted by Gasteiger charge is 2.20. The third kappa shape index (κ3) is 3.07. The molecule has 1 aromatic rings. The van der Waals surface area contributed by atoms with Crippen LogP contribution in [-0.4, -0.2) is 29.7 Å². The number of nitrogens with zero attached hydrogens (tertiary/aromatic N) is 1. The molecule has 0 radical (unpaired) electrons. The van der Waals surface area contributed by atoms with Gasteiger partial charge in [0.15, 0.2) is 0 Å². The second kappa shape index (κ2) is 5.65. The molecule has 1 aromatic heterocycles. The highest BCUT2D eigenvalue weighted by Crippen LogP contribution is 2.18. The van der Waals surface area contributed by atoms with Gasteiger partial charge in [0, 0.05) is 12.2 Å². The molecule has 4 heteroatoms. The topological polar surface area (TPSA) is 49.9 Å². The number of hydrogen-bond donors (Lipinski definition) is 2. The molecule has 2 heterocycles. The van der Waals surface area contributed by atoms with Crippen LogP contribution in [0.1, 0.15) is 44.0 Å². The SMILES string of the molecule is CCc1nc(C2COCCN2)[nH]c1CC(C)C. The van der Waals surface area contributed by atoms with Crippen LogP contribution in [0, 0.1) is 5.92 Å². The Morgan fingerprint density at radius 2 is 2.29 bits per heavy atom. The molecule has 0 spiro atoms. The molecule has 0 aliphatic carbocycles. The minimum Gasteiger partial charge on any atom is -0.378 e. The van der Waals surface area contributed by atoms with Gasteiger partial charge < -0.3 is 15.0 Å². The van der Waals surface area contributed by atoms with Crippen LogP contribution in [0.4, 0.5) is 0 Å². The number of morpholine rings is 1. The Balaban J connectivity index is 2.14. The third-order valence-electron chi connectivity index (χ3n) is 3.08. The molecular formula is C13H23N3O. The highest BCUT2D eigenvalue weighted by atomic mass is 16.5. The second-order valence-corrected chi connectivity index (χ2v) is 5.08. The fraction of sp³-hybridized carbons (Fsp3) is 0.769. The second-order valence-electron chi connectivity index (χ2n) is 5.08. The van der Waals surface area contributed by atoms with E-state index in [1.54, 1.807) is 0 Å². The lowest BCUT2D eigenvalue weighted by molar-refractivity contribution is 0.0744. The summed E-state index contributed by atoms with van der Waals surface area (Å²) in [7, 11) is 0. The number of H-pyrrole nitrogens is 1. The zero-order chi connectivity index (χ0) is 12.3. The van der Waals surface area contributed by atoms with Crippen LogP contribution in [0.2, 0.25) is 0 Å². The van der Waals surface area contributed by atoms with Crippen LogP contribution in [0.15, 0.2) is 0 Å². The quantitative estimate of drug-likeness (QED) is 0.840. The maximum Gasteiger partial charge on any atom is 0.126 e. The normalized spacial score (nSPS) is 21.1. The van der Waals surface area contributed by atoms with Crippen molar-refractivity contribution in [2.45, 2.75) is 39.7 Å². The average molecular weight is 237 g/mol.